The van der Waals surface area contributed by atoms with Crippen molar-refractivity contribution in [1.29, 1.82) is 0 Å². The predicted molar refractivity (Wildman–Crippen MR) is 64.7 cm³/mol. The van der Waals surface area contributed by atoms with Gasteiger partial charge in [0, 0.05) is 0 Å². The molecule has 0 saturated carbocycles. The van der Waals surface area contributed by atoms with Crippen LogP contribution in [0.1, 0.15) is 27.7 Å². The first-order valence-electron chi connectivity index (χ1n) is 5.58. The summed E-state index contributed by atoms with van der Waals surface area (Å²) in [5.74, 6) is -1.56. The first kappa shape index (κ1) is 15.5. The number of hydrogen-bond acceptors (Lipinski definition) is 3. The van der Waals surface area contributed by atoms with Gasteiger partial charge in [0.2, 0.25) is 0 Å². The van der Waals surface area contributed by atoms with E-state index in [1.165, 1.54) is 6.08 Å². The summed E-state index contributed by atoms with van der Waals surface area (Å²) in [6, 6.07) is 0. The zero-order valence-electron chi connectivity index (χ0n) is 10.8. The van der Waals surface area contributed by atoms with E-state index in [-0.39, 0.29) is 18.4 Å². The van der Waals surface area contributed by atoms with Gasteiger partial charge in [-0.1, -0.05) is 40.3 Å². The van der Waals surface area contributed by atoms with Gasteiger partial charge in [0.25, 0.3) is 0 Å². The molecule has 98 valence electrons. The van der Waals surface area contributed by atoms with E-state index in [0.717, 1.165) is 0 Å². The minimum atomic E-state index is -1.32. The van der Waals surface area contributed by atoms with E-state index in [0.29, 0.717) is 0 Å². The van der Waals surface area contributed by atoms with Crippen LogP contribution in [0.4, 0.5) is 4.79 Å². The first-order chi connectivity index (χ1) is 7.78. The number of ether oxygens (including phenoxy) is 1. The van der Waals surface area contributed by atoms with Crippen molar-refractivity contribution in [2.75, 3.05) is 6.61 Å². The number of carbonyl (C=O) groups is 2. The van der Waals surface area contributed by atoms with Gasteiger partial charge >= 0.3 is 12.1 Å². The summed E-state index contributed by atoms with van der Waals surface area (Å²) in [5, 5.41) is 11.8. The molecule has 0 aromatic carbocycles. The molecule has 0 spiro atoms. The largest absolute Gasteiger partial charge is 0.479 e. The number of carbonyl (C=O) groups excluding carboxylic acids is 1. The highest BCUT2D eigenvalue weighted by molar-refractivity contribution is 5.85. The van der Waals surface area contributed by atoms with Crippen molar-refractivity contribution in [3.8, 4) is 0 Å². The van der Waals surface area contributed by atoms with E-state index < -0.39 is 17.6 Å². The van der Waals surface area contributed by atoms with Gasteiger partial charge in [-0.3, -0.25) is 0 Å². The Labute approximate surface area is 102 Å². The number of hydrogen-bond donors (Lipinski definition) is 2. The zero-order valence-corrected chi connectivity index (χ0v) is 10.8. The average Bonchev–Trinajstić information content (AvgIpc) is 2.21. The Hall–Kier alpha value is -1.52. The number of amides is 1. The highest BCUT2D eigenvalue weighted by Gasteiger charge is 2.46. The molecule has 0 fully saturated rings. The van der Waals surface area contributed by atoms with Crippen molar-refractivity contribution < 1.29 is 19.4 Å². The van der Waals surface area contributed by atoms with Crippen molar-refractivity contribution >= 4 is 12.1 Å². The molecule has 0 saturated heterocycles. The van der Waals surface area contributed by atoms with Crippen LogP contribution in [0.2, 0.25) is 0 Å². The Morgan fingerprint density at radius 1 is 1.35 bits per heavy atom. The molecule has 0 atom stereocenters. The Kier molecular flexibility index (Phi) is 5.71. The number of aliphatic carboxylic acids is 1. The highest BCUT2D eigenvalue weighted by atomic mass is 16.5. The van der Waals surface area contributed by atoms with Gasteiger partial charge in [0.05, 0.1) is 0 Å². The van der Waals surface area contributed by atoms with Crippen molar-refractivity contribution in [2.45, 2.75) is 33.2 Å². The van der Waals surface area contributed by atoms with Gasteiger partial charge in [0.1, 0.15) is 12.1 Å². The van der Waals surface area contributed by atoms with Crippen molar-refractivity contribution in [2.24, 2.45) is 11.8 Å². The standard InChI is InChI=1S/C12H21NO4/c1-6-7-17-11(16)13-12(8(2)3,9(4)5)10(14)15/h6,8-9H,1,7H2,2-5H3,(H,13,16)(H,14,15). The number of alkyl carbamates (subject to hydrolysis) is 1. The number of carboxylic acids is 1. The Bertz CT molecular complexity index is 289. The molecule has 0 radical (unpaired) electrons. The van der Waals surface area contributed by atoms with Crippen molar-refractivity contribution in [1.82, 2.24) is 5.32 Å². The van der Waals surface area contributed by atoms with E-state index in [1.54, 1.807) is 27.7 Å². The van der Waals surface area contributed by atoms with Crippen LogP contribution in [-0.2, 0) is 9.53 Å². The summed E-state index contributed by atoms with van der Waals surface area (Å²) in [6.07, 6.45) is 0.682. The second-order valence-corrected chi connectivity index (χ2v) is 4.50. The van der Waals surface area contributed by atoms with E-state index >= 15 is 0 Å². The molecule has 0 aliphatic heterocycles. The van der Waals surface area contributed by atoms with Gasteiger partial charge < -0.3 is 15.2 Å². The van der Waals surface area contributed by atoms with E-state index in [4.69, 9.17) is 4.74 Å². The van der Waals surface area contributed by atoms with Crippen LogP contribution in [0.5, 0.6) is 0 Å². The Balaban J connectivity index is 4.99. The maximum atomic E-state index is 11.5. The molecule has 0 rings (SSSR count). The van der Waals surface area contributed by atoms with Crippen LogP contribution in [0.25, 0.3) is 0 Å². The first-order valence-corrected chi connectivity index (χ1v) is 5.58. The smallest absolute Gasteiger partial charge is 0.408 e. The fraction of sp³-hybridized carbons (Fsp3) is 0.667. The molecule has 0 unspecified atom stereocenters. The van der Waals surface area contributed by atoms with Gasteiger partial charge in [-0.2, -0.15) is 0 Å². The average molecular weight is 243 g/mol. The van der Waals surface area contributed by atoms with Crippen LogP contribution < -0.4 is 5.32 Å². The maximum Gasteiger partial charge on any atom is 0.408 e. The third-order valence-corrected chi connectivity index (χ3v) is 2.82. The minimum absolute atomic E-state index is 0.0533. The topological polar surface area (TPSA) is 75.6 Å². The third-order valence-electron chi connectivity index (χ3n) is 2.82. The summed E-state index contributed by atoms with van der Waals surface area (Å²) >= 11 is 0. The lowest BCUT2D eigenvalue weighted by molar-refractivity contribution is -0.149. The lowest BCUT2D eigenvalue weighted by Crippen LogP contribution is -2.61. The molecule has 0 aliphatic rings. The van der Waals surface area contributed by atoms with Gasteiger partial charge in [-0.15, -0.1) is 0 Å². The fourth-order valence-corrected chi connectivity index (χ4v) is 1.84. The molecular weight excluding hydrogens is 222 g/mol. The molecule has 0 heterocycles. The fourth-order valence-electron chi connectivity index (χ4n) is 1.84. The van der Waals surface area contributed by atoms with Crippen molar-refractivity contribution in [3.05, 3.63) is 12.7 Å². The highest BCUT2D eigenvalue weighted by Crippen LogP contribution is 2.26. The monoisotopic (exact) mass is 243 g/mol. The zero-order chi connectivity index (χ0) is 13.6. The van der Waals surface area contributed by atoms with Crippen LogP contribution >= 0.6 is 0 Å². The van der Waals surface area contributed by atoms with E-state index in [2.05, 4.69) is 11.9 Å². The summed E-state index contributed by atoms with van der Waals surface area (Å²) in [5.41, 5.74) is -1.32. The Morgan fingerprint density at radius 3 is 2.12 bits per heavy atom. The molecule has 0 aromatic heterocycles. The second kappa shape index (κ2) is 6.27. The summed E-state index contributed by atoms with van der Waals surface area (Å²) in [4.78, 5) is 22.9. The number of nitrogens with one attached hydrogen (secondary N) is 1. The number of rotatable bonds is 6. The molecule has 5 nitrogen and oxygen atoms in total. The van der Waals surface area contributed by atoms with Gasteiger partial charge in [-0.05, 0) is 11.8 Å². The van der Waals surface area contributed by atoms with E-state index in [9.17, 15) is 14.7 Å². The predicted octanol–water partition coefficient (Wildman–Crippen LogP) is 2.03. The molecule has 0 aromatic rings. The second-order valence-electron chi connectivity index (χ2n) is 4.50. The van der Waals surface area contributed by atoms with Crippen LogP contribution in [0.3, 0.4) is 0 Å². The summed E-state index contributed by atoms with van der Waals surface area (Å²) in [6.45, 7) is 10.5. The lowest BCUT2D eigenvalue weighted by Gasteiger charge is -2.37. The molecular formula is C12H21NO4. The normalized spacial score (nSPS) is 11.4. The minimum Gasteiger partial charge on any atom is -0.479 e. The van der Waals surface area contributed by atoms with Crippen LogP contribution in [0, 0.1) is 11.8 Å². The van der Waals surface area contributed by atoms with Gasteiger partial charge in [0.15, 0.2) is 0 Å². The lowest BCUT2D eigenvalue weighted by atomic mass is 9.77. The molecule has 1 amide bonds. The van der Waals surface area contributed by atoms with Gasteiger partial charge in [-0.25, -0.2) is 9.59 Å². The van der Waals surface area contributed by atoms with Crippen LogP contribution in [0.15, 0.2) is 12.7 Å². The molecule has 0 aliphatic carbocycles. The molecule has 2 N–H and O–H groups in total. The maximum absolute atomic E-state index is 11.5. The molecule has 17 heavy (non-hydrogen) atoms. The summed E-state index contributed by atoms with van der Waals surface area (Å²) in [7, 11) is 0. The van der Waals surface area contributed by atoms with E-state index in [1.807, 2.05) is 0 Å². The summed E-state index contributed by atoms with van der Waals surface area (Å²) < 4.78 is 4.77. The quantitative estimate of drug-likeness (QED) is 0.700. The third kappa shape index (κ3) is 3.47. The van der Waals surface area contributed by atoms with Crippen LogP contribution in [-0.4, -0.2) is 29.3 Å². The number of carboxylic acid groups (broad SMARTS) is 1. The molecule has 0 bridgehead atoms. The Morgan fingerprint density at radius 2 is 1.82 bits per heavy atom. The van der Waals surface area contributed by atoms with Crippen molar-refractivity contribution in [3.63, 3.8) is 0 Å². The SMILES string of the molecule is C=CCOC(=O)NC(C(=O)O)(C(C)C)C(C)C. The molecule has 5 heteroatoms.